The number of halogens is 1. The van der Waals surface area contributed by atoms with E-state index >= 15 is 0 Å². The lowest BCUT2D eigenvalue weighted by Gasteiger charge is -2.04. The lowest BCUT2D eigenvalue weighted by Crippen LogP contribution is -2.04. The van der Waals surface area contributed by atoms with E-state index in [4.69, 9.17) is 0 Å². The smallest absolute Gasteiger partial charge is 0.338 e. The lowest BCUT2D eigenvalue weighted by atomic mass is 10.1. The van der Waals surface area contributed by atoms with Gasteiger partial charge in [-0.25, -0.2) is 9.18 Å². The van der Waals surface area contributed by atoms with Crippen LogP contribution >= 0.6 is 0 Å². The highest BCUT2D eigenvalue weighted by atomic mass is 19.1. The van der Waals surface area contributed by atoms with Crippen LogP contribution in [-0.4, -0.2) is 13.1 Å². The number of methoxy groups -OCH3 is 1. The summed E-state index contributed by atoms with van der Waals surface area (Å²) >= 11 is 0. The van der Waals surface area contributed by atoms with E-state index in [9.17, 15) is 9.18 Å². The van der Waals surface area contributed by atoms with Crippen molar-refractivity contribution in [1.29, 1.82) is 0 Å². The van der Waals surface area contributed by atoms with Crippen molar-refractivity contribution in [3.8, 4) is 0 Å². The summed E-state index contributed by atoms with van der Waals surface area (Å²) in [4.78, 5) is 11.6. The highest BCUT2D eigenvalue weighted by molar-refractivity contribution is 5.93. The summed E-state index contributed by atoms with van der Waals surface area (Å²) in [6.07, 6.45) is 4.49. The van der Waals surface area contributed by atoms with E-state index in [0.717, 1.165) is 6.42 Å². The van der Waals surface area contributed by atoms with Gasteiger partial charge in [-0.15, -0.1) is 0 Å². The van der Waals surface area contributed by atoms with Crippen LogP contribution in [0.4, 0.5) is 4.39 Å². The van der Waals surface area contributed by atoms with E-state index < -0.39 is 11.8 Å². The molecule has 0 atom stereocenters. The van der Waals surface area contributed by atoms with Gasteiger partial charge in [0.1, 0.15) is 5.82 Å². The SMILES string of the molecule is COC(=O)c1cc(F)ccc1/C=C/Cc1ccccc1. The molecule has 0 N–H and O–H groups in total. The molecule has 0 spiro atoms. The van der Waals surface area contributed by atoms with Crippen molar-refractivity contribution in [1.82, 2.24) is 0 Å². The van der Waals surface area contributed by atoms with Crippen molar-refractivity contribution in [2.75, 3.05) is 7.11 Å². The van der Waals surface area contributed by atoms with Gasteiger partial charge in [-0.3, -0.25) is 0 Å². The zero-order chi connectivity index (χ0) is 14.4. The maximum atomic E-state index is 13.2. The van der Waals surface area contributed by atoms with Gasteiger partial charge < -0.3 is 4.74 Å². The zero-order valence-electron chi connectivity index (χ0n) is 11.2. The van der Waals surface area contributed by atoms with Crippen LogP contribution in [0.1, 0.15) is 21.5 Å². The Morgan fingerprint density at radius 3 is 2.65 bits per heavy atom. The molecule has 0 aliphatic carbocycles. The van der Waals surface area contributed by atoms with Crippen LogP contribution in [-0.2, 0) is 11.2 Å². The maximum Gasteiger partial charge on any atom is 0.338 e. The molecule has 0 heterocycles. The molecule has 0 bridgehead atoms. The standard InChI is InChI=1S/C17H15FO2/c1-20-17(19)16-12-15(18)11-10-14(16)9-5-8-13-6-3-2-4-7-13/h2-7,9-12H,8H2,1H3/b9-5+. The van der Waals surface area contributed by atoms with Crippen LogP contribution in [0.3, 0.4) is 0 Å². The minimum atomic E-state index is -0.538. The third-order valence-electron chi connectivity index (χ3n) is 2.91. The molecule has 2 aromatic rings. The molecule has 3 heteroatoms. The quantitative estimate of drug-likeness (QED) is 0.788. The second-order valence-corrected chi connectivity index (χ2v) is 4.32. The van der Waals surface area contributed by atoms with Gasteiger partial charge in [-0.05, 0) is 29.7 Å². The molecule has 0 radical (unpaired) electrons. The highest BCUT2D eigenvalue weighted by Crippen LogP contribution is 2.15. The molecule has 0 amide bonds. The molecule has 2 rings (SSSR count). The maximum absolute atomic E-state index is 13.2. The van der Waals surface area contributed by atoms with Crippen LogP contribution in [0.5, 0.6) is 0 Å². The monoisotopic (exact) mass is 270 g/mol. The average molecular weight is 270 g/mol. The van der Waals surface area contributed by atoms with Gasteiger partial charge in [0, 0.05) is 0 Å². The minimum Gasteiger partial charge on any atom is -0.465 e. The van der Waals surface area contributed by atoms with Crippen LogP contribution in [0.15, 0.2) is 54.6 Å². The summed E-state index contributed by atoms with van der Waals surface area (Å²) in [5, 5.41) is 0. The summed E-state index contributed by atoms with van der Waals surface area (Å²) in [5.74, 6) is -0.991. The molecule has 0 aliphatic rings. The summed E-state index contributed by atoms with van der Waals surface area (Å²) in [5.41, 5.74) is 2.05. The van der Waals surface area contributed by atoms with Crippen molar-refractivity contribution < 1.29 is 13.9 Å². The number of carbonyl (C=O) groups excluding carboxylic acids is 1. The predicted octanol–water partition coefficient (Wildman–Crippen LogP) is 3.87. The summed E-state index contributed by atoms with van der Waals surface area (Å²) in [6.45, 7) is 0. The van der Waals surface area contributed by atoms with E-state index in [2.05, 4.69) is 4.74 Å². The number of benzene rings is 2. The Kier molecular flexibility index (Phi) is 4.66. The molecule has 102 valence electrons. The summed E-state index contributed by atoms with van der Waals surface area (Å²) in [6, 6.07) is 14.0. The van der Waals surface area contributed by atoms with Crippen molar-refractivity contribution in [2.24, 2.45) is 0 Å². The molecule has 0 saturated carbocycles. The van der Waals surface area contributed by atoms with E-state index in [1.54, 1.807) is 12.1 Å². The third kappa shape index (κ3) is 3.54. The highest BCUT2D eigenvalue weighted by Gasteiger charge is 2.10. The Morgan fingerprint density at radius 1 is 1.20 bits per heavy atom. The fourth-order valence-corrected chi connectivity index (χ4v) is 1.90. The number of allylic oxidation sites excluding steroid dienone is 1. The van der Waals surface area contributed by atoms with Crippen LogP contribution in [0.2, 0.25) is 0 Å². The molecular formula is C17H15FO2. The second-order valence-electron chi connectivity index (χ2n) is 4.32. The second kappa shape index (κ2) is 6.66. The van der Waals surface area contributed by atoms with Crippen LogP contribution in [0, 0.1) is 5.82 Å². The number of hydrogen-bond donors (Lipinski definition) is 0. The first-order valence-corrected chi connectivity index (χ1v) is 6.29. The Hall–Kier alpha value is -2.42. The minimum absolute atomic E-state index is 0.233. The predicted molar refractivity (Wildman–Crippen MR) is 76.9 cm³/mol. The molecule has 0 fully saturated rings. The van der Waals surface area contributed by atoms with Gasteiger partial charge in [0.15, 0.2) is 0 Å². The third-order valence-corrected chi connectivity index (χ3v) is 2.91. The van der Waals surface area contributed by atoms with Gasteiger partial charge in [-0.2, -0.15) is 0 Å². The number of hydrogen-bond acceptors (Lipinski definition) is 2. The first-order chi connectivity index (χ1) is 9.70. The molecule has 2 nitrogen and oxygen atoms in total. The topological polar surface area (TPSA) is 26.3 Å². The van der Waals surface area contributed by atoms with Gasteiger partial charge in [0.2, 0.25) is 0 Å². The fraction of sp³-hybridized carbons (Fsp3) is 0.118. The number of esters is 1. The van der Waals surface area contributed by atoms with Crippen LogP contribution < -0.4 is 0 Å². The molecule has 2 aromatic carbocycles. The average Bonchev–Trinajstić information content (AvgIpc) is 2.49. The van der Waals surface area contributed by atoms with Gasteiger partial charge >= 0.3 is 5.97 Å². The van der Waals surface area contributed by atoms with Crippen molar-refractivity contribution in [3.05, 3.63) is 77.1 Å². The largest absolute Gasteiger partial charge is 0.465 e. The van der Waals surface area contributed by atoms with E-state index in [1.165, 1.54) is 24.8 Å². The fourth-order valence-electron chi connectivity index (χ4n) is 1.90. The molecular weight excluding hydrogens is 255 g/mol. The van der Waals surface area contributed by atoms with E-state index in [1.807, 2.05) is 36.4 Å². The molecule has 0 aliphatic heterocycles. The Bertz CT molecular complexity index is 618. The van der Waals surface area contributed by atoms with E-state index in [0.29, 0.717) is 5.56 Å². The zero-order valence-corrected chi connectivity index (χ0v) is 11.2. The molecule has 0 saturated heterocycles. The first kappa shape index (κ1) is 14.0. The van der Waals surface area contributed by atoms with Crippen molar-refractivity contribution in [2.45, 2.75) is 6.42 Å². The normalized spacial score (nSPS) is 10.7. The number of rotatable bonds is 4. The van der Waals surface area contributed by atoms with Gasteiger partial charge in [0.05, 0.1) is 12.7 Å². The molecule has 0 unspecified atom stereocenters. The Balaban J connectivity index is 2.18. The Labute approximate surface area is 117 Å². The van der Waals surface area contributed by atoms with Crippen LogP contribution in [0.25, 0.3) is 6.08 Å². The number of ether oxygens (including phenoxy) is 1. The Morgan fingerprint density at radius 2 is 1.95 bits per heavy atom. The summed E-state index contributed by atoms with van der Waals surface area (Å²) < 4.78 is 17.9. The van der Waals surface area contributed by atoms with E-state index in [-0.39, 0.29) is 5.56 Å². The van der Waals surface area contributed by atoms with Gasteiger partial charge in [0.25, 0.3) is 0 Å². The van der Waals surface area contributed by atoms with Crippen molar-refractivity contribution in [3.63, 3.8) is 0 Å². The first-order valence-electron chi connectivity index (χ1n) is 6.29. The van der Waals surface area contributed by atoms with Gasteiger partial charge in [-0.1, -0.05) is 48.6 Å². The molecule has 0 aromatic heterocycles. The van der Waals surface area contributed by atoms with Crippen molar-refractivity contribution >= 4 is 12.0 Å². The lowest BCUT2D eigenvalue weighted by molar-refractivity contribution is 0.0600. The number of carbonyl (C=O) groups is 1. The summed E-state index contributed by atoms with van der Waals surface area (Å²) in [7, 11) is 1.28. The molecule has 20 heavy (non-hydrogen) atoms.